The number of ether oxygens (including phenoxy) is 4. The first-order chi connectivity index (χ1) is 25.5. The third kappa shape index (κ3) is 10.4. The standard InChI is InChI=1S/C40H41Cl2F3N2O6/c1-4-32(41)31(33(42)5-2)22-35(27-13-14-34(52-39(44)45)36(20-27)50-6-3)51-38(48)28-10-7-9-25(19-28)23-47(30-12-8-11-29(43)21-30)40(49)53-37-24-46-17-15-26(37)16-18-46/h4-5,7-14,19-21,26,35,37,39H,1,6,15-18,22-24H2,2-3H3/b32-31+,33-5+/t35-,37-/m0/s1. The first-order valence-corrected chi connectivity index (χ1v) is 18.1. The zero-order valence-corrected chi connectivity index (χ0v) is 30.9. The molecule has 0 aromatic heterocycles. The van der Waals surface area contributed by atoms with E-state index in [1.54, 1.807) is 50.3 Å². The van der Waals surface area contributed by atoms with E-state index in [4.69, 9.17) is 37.4 Å². The molecular weight excluding hydrogens is 732 g/mol. The average molecular weight is 774 g/mol. The topological polar surface area (TPSA) is 77.5 Å². The predicted molar refractivity (Wildman–Crippen MR) is 198 cm³/mol. The number of fused-ring (bicyclic) bond motifs is 3. The molecule has 3 heterocycles. The number of amides is 1. The molecule has 0 unspecified atom stereocenters. The van der Waals surface area contributed by atoms with Crippen LogP contribution in [0.5, 0.6) is 11.5 Å². The van der Waals surface area contributed by atoms with Crippen molar-refractivity contribution < 1.29 is 41.7 Å². The molecule has 53 heavy (non-hydrogen) atoms. The molecule has 282 valence electrons. The summed E-state index contributed by atoms with van der Waals surface area (Å²) in [6, 6.07) is 16.4. The van der Waals surface area contributed by atoms with Gasteiger partial charge < -0.3 is 18.9 Å². The molecule has 0 aliphatic carbocycles. The molecule has 3 aromatic rings. The first-order valence-electron chi connectivity index (χ1n) is 17.3. The van der Waals surface area contributed by atoms with Crippen LogP contribution in [0.15, 0.2) is 101 Å². The van der Waals surface area contributed by atoms with Gasteiger partial charge in [0.15, 0.2) is 11.5 Å². The van der Waals surface area contributed by atoms with Gasteiger partial charge in [-0.15, -0.1) is 0 Å². The summed E-state index contributed by atoms with van der Waals surface area (Å²) in [5, 5.41) is 0.518. The van der Waals surface area contributed by atoms with Crippen LogP contribution in [-0.2, 0) is 16.0 Å². The molecule has 3 aliphatic heterocycles. The molecule has 1 amide bonds. The Hall–Kier alpha value is -4.45. The first kappa shape index (κ1) is 39.8. The lowest BCUT2D eigenvalue weighted by Crippen LogP contribution is -2.53. The fourth-order valence-electron chi connectivity index (χ4n) is 6.53. The van der Waals surface area contributed by atoms with E-state index in [-0.39, 0.29) is 53.7 Å². The van der Waals surface area contributed by atoms with Crippen LogP contribution in [0.3, 0.4) is 0 Å². The molecule has 3 aliphatic rings. The van der Waals surface area contributed by atoms with E-state index in [0.717, 1.165) is 25.9 Å². The fourth-order valence-corrected chi connectivity index (χ4v) is 6.93. The van der Waals surface area contributed by atoms with Crippen LogP contribution in [0.2, 0.25) is 0 Å². The minimum absolute atomic E-state index is 0.0150. The van der Waals surface area contributed by atoms with Crippen molar-refractivity contribution >= 4 is 41.0 Å². The van der Waals surface area contributed by atoms with E-state index in [1.165, 1.54) is 47.4 Å². The maximum absolute atomic E-state index is 14.4. The molecule has 0 spiro atoms. The lowest BCUT2D eigenvalue weighted by atomic mass is 9.86. The zero-order valence-electron chi connectivity index (χ0n) is 29.4. The Balaban J connectivity index is 1.43. The second-order valence-corrected chi connectivity index (χ2v) is 13.4. The SMILES string of the molecule is C=C/C(Cl)=C(C[C@H](OC(=O)c1cccc(CN(C(=O)O[C@H]2CN3CCC2CC3)c2cccc(F)c2)c1)c1ccc(OC(F)F)c(OCC)c1)\C(Cl)=C/C. The van der Waals surface area contributed by atoms with Crippen LogP contribution in [0.1, 0.15) is 60.7 Å². The second-order valence-electron chi connectivity index (χ2n) is 12.6. The van der Waals surface area contributed by atoms with Gasteiger partial charge in [0.1, 0.15) is 18.0 Å². The van der Waals surface area contributed by atoms with Crippen molar-refractivity contribution in [1.29, 1.82) is 0 Å². The molecule has 3 saturated heterocycles. The van der Waals surface area contributed by atoms with Gasteiger partial charge in [-0.1, -0.05) is 66.2 Å². The number of carbonyl (C=O) groups is 2. The van der Waals surface area contributed by atoms with Crippen molar-refractivity contribution in [2.45, 2.75) is 58.5 Å². The highest BCUT2D eigenvalue weighted by Gasteiger charge is 2.37. The Kier molecular flexibility index (Phi) is 13.9. The molecule has 0 saturated carbocycles. The van der Waals surface area contributed by atoms with Crippen molar-refractivity contribution in [2.75, 3.05) is 31.1 Å². The number of anilines is 1. The number of benzene rings is 3. The summed E-state index contributed by atoms with van der Waals surface area (Å²) in [5.74, 6) is -1.16. The third-order valence-corrected chi connectivity index (χ3v) is 10.0. The van der Waals surface area contributed by atoms with E-state index in [2.05, 4.69) is 16.2 Å². The summed E-state index contributed by atoms with van der Waals surface area (Å²) < 4.78 is 63.0. The fraction of sp³-hybridized carbons (Fsp3) is 0.350. The van der Waals surface area contributed by atoms with Crippen molar-refractivity contribution in [2.24, 2.45) is 5.92 Å². The Morgan fingerprint density at radius 3 is 2.43 bits per heavy atom. The summed E-state index contributed by atoms with van der Waals surface area (Å²) in [7, 11) is 0. The number of allylic oxidation sites excluding steroid dienone is 4. The summed E-state index contributed by atoms with van der Waals surface area (Å²) in [4.78, 5) is 31.2. The van der Waals surface area contributed by atoms with Crippen molar-refractivity contribution in [3.63, 3.8) is 0 Å². The number of alkyl halides is 2. The van der Waals surface area contributed by atoms with Gasteiger partial charge in [0.2, 0.25) is 0 Å². The van der Waals surface area contributed by atoms with Gasteiger partial charge in [-0.3, -0.25) is 9.80 Å². The summed E-state index contributed by atoms with van der Waals surface area (Å²) in [6.45, 7) is 6.76. The van der Waals surface area contributed by atoms with Crippen LogP contribution in [0.25, 0.3) is 0 Å². The predicted octanol–water partition coefficient (Wildman–Crippen LogP) is 10.2. The third-order valence-electron chi connectivity index (χ3n) is 9.20. The maximum Gasteiger partial charge on any atom is 0.414 e. The molecule has 2 bridgehead atoms. The highest BCUT2D eigenvalue weighted by atomic mass is 35.5. The second kappa shape index (κ2) is 18.5. The molecule has 0 radical (unpaired) electrons. The van der Waals surface area contributed by atoms with Crippen molar-refractivity contribution in [1.82, 2.24) is 4.90 Å². The number of hydrogen-bond acceptors (Lipinski definition) is 7. The monoisotopic (exact) mass is 772 g/mol. The highest BCUT2D eigenvalue weighted by molar-refractivity contribution is 6.36. The highest BCUT2D eigenvalue weighted by Crippen LogP contribution is 2.38. The Labute approximate surface area is 317 Å². The lowest BCUT2D eigenvalue weighted by Gasteiger charge is -2.44. The van der Waals surface area contributed by atoms with Crippen LogP contribution in [-0.4, -0.2) is 55.9 Å². The summed E-state index contributed by atoms with van der Waals surface area (Å²) in [6.07, 6.45) is 2.98. The van der Waals surface area contributed by atoms with Gasteiger partial charge >= 0.3 is 18.7 Å². The number of nitrogens with zero attached hydrogens (tertiary/aromatic N) is 2. The normalized spacial score (nSPS) is 19.2. The van der Waals surface area contributed by atoms with Gasteiger partial charge in [0.25, 0.3) is 0 Å². The molecule has 3 aromatic carbocycles. The molecule has 13 heteroatoms. The Bertz CT molecular complexity index is 1850. The molecule has 3 fully saturated rings. The number of carbonyl (C=O) groups excluding carboxylic acids is 2. The molecule has 8 nitrogen and oxygen atoms in total. The lowest BCUT2D eigenvalue weighted by molar-refractivity contribution is -0.0514. The quantitative estimate of drug-likeness (QED) is 0.112. The van der Waals surface area contributed by atoms with Crippen LogP contribution >= 0.6 is 23.2 Å². The van der Waals surface area contributed by atoms with Crippen molar-refractivity contribution in [3.8, 4) is 11.5 Å². The van der Waals surface area contributed by atoms with Gasteiger partial charge in [0.05, 0.1) is 24.4 Å². The van der Waals surface area contributed by atoms with E-state index in [1.807, 2.05) is 0 Å². The minimum Gasteiger partial charge on any atom is -0.490 e. The summed E-state index contributed by atoms with van der Waals surface area (Å²) in [5.41, 5.74) is 1.81. The van der Waals surface area contributed by atoms with Crippen LogP contribution in [0, 0.1) is 11.7 Å². The minimum atomic E-state index is -3.09. The van der Waals surface area contributed by atoms with Gasteiger partial charge in [-0.05, 0) is 105 Å². The van der Waals surface area contributed by atoms with Gasteiger partial charge in [0, 0.05) is 23.0 Å². The van der Waals surface area contributed by atoms with Crippen LogP contribution < -0.4 is 14.4 Å². The van der Waals surface area contributed by atoms with E-state index in [9.17, 15) is 22.8 Å². The molecule has 6 rings (SSSR count). The Morgan fingerprint density at radius 1 is 1.04 bits per heavy atom. The number of hydrogen-bond donors (Lipinski definition) is 0. The molecule has 2 atom stereocenters. The number of piperidine rings is 3. The number of esters is 1. The largest absolute Gasteiger partial charge is 0.490 e. The van der Waals surface area contributed by atoms with E-state index < -0.39 is 30.6 Å². The molecule has 0 N–H and O–H groups in total. The zero-order chi connectivity index (χ0) is 38.1. The van der Waals surface area contributed by atoms with Crippen LogP contribution in [0.4, 0.5) is 23.7 Å². The molecular formula is C40H41Cl2F3N2O6. The smallest absolute Gasteiger partial charge is 0.414 e. The van der Waals surface area contributed by atoms with E-state index >= 15 is 0 Å². The van der Waals surface area contributed by atoms with E-state index in [0.29, 0.717) is 34.0 Å². The maximum atomic E-state index is 14.4. The Morgan fingerprint density at radius 2 is 1.79 bits per heavy atom. The van der Waals surface area contributed by atoms with Crippen molar-refractivity contribution in [3.05, 3.63) is 124 Å². The summed E-state index contributed by atoms with van der Waals surface area (Å²) >= 11 is 13.0. The van der Waals surface area contributed by atoms with Gasteiger partial charge in [-0.25, -0.2) is 14.0 Å². The number of halogens is 5. The number of rotatable bonds is 15. The van der Waals surface area contributed by atoms with Gasteiger partial charge in [-0.2, -0.15) is 8.78 Å². The average Bonchev–Trinajstić information content (AvgIpc) is 3.16.